The molecule has 3 aromatic rings. The van der Waals surface area contributed by atoms with E-state index in [9.17, 15) is 14.0 Å². The molecule has 8 heteroatoms. The number of methoxy groups -OCH3 is 1. The predicted octanol–water partition coefficient (Wildman–Crippen LogP) is 3.53. The van der Waals surface area contributed by atoms with Crippen molar-refractivity contribution in [3.63, 3.8) is 0 Å². The summed E-state index contributed by atoms with van der Waals surface area (Å²) in [5.41, 5.74) is 1.61. The third-order valence-electron chi connectivity index (χ3n) is 3.62. The fourth-order valence-corrected chi connectivity index (χ4v) is 3.13. The average Bonchev–Trinajstić information content (AvgIpc) is 3.15. The Kier molecular flexibility index (Phi) is 5.87. The largest absolute Gasteiger partial charge is 0.465 e. The minimum absolute atomic E-state index is 0.130. The van der Waals surface area contributed by atoms with Crippen LogP contribution >= 0.6 is 11.8 Å². The number of esters is 1. The Hall–Kier alpha value is -3.13. The molecule has 1 N–H and O–H groups in total. The van der Waals surface area contributed by atoms with Gasteiger partial charge in [-0.25, -0.2) is 14.2 Å². The zero-order valence-electron chi connectivity index (χ0n) is 14.4. The van der Waals surface area contributed by atoms with Gasteiger partial charge in [0.1, 0.15) is 5.82 Å². The van der Waals surface area contributed by atoms with Crippen molar-refractivity contribution in [2.75, 3.05) is 18.2 Å². The van der Waals surface area contributed by atoms with Crippen LogP contribution in [0.15, 0.2) is 66.1 Å². The standard InChI is InChI=1S/C19H16FN3O3S/c1-26-18(25)13-5-7-15(8-6-13)22-17(24)12-27-19-21-9-10-23(19)16-4-2-3-14(20)11-16/h2-11H,12H2,1H3,(H,22,24). The second-order valence-electron chi connectivity index (χ2n) is 5.47. The first-order valence-electron chi connectivity index (χ1n) is 7.97. The Balaban J connectivity index is 1.60. The van der Waals surface area contributed by atoms with Gasteiger partial charge in [-0.15, -0.1) is 0 Å². The molecule has 0 saturated heterocycles. The average molecular weight is 385 g/mol. The Bertz CT molecular complexity index is 957. The van der Waals surface area contributed by atoms with Crippen LogP contribution in [0.5, 0.6) is 0 Å². The van der Waals surface area contributed by atoms with Gasteiger partial charge in [0, 0.05) is 18.1 Å². The van der Waals surface area contributed by atoms with Crippen LogP contribution < -0.4 is 5.32 Å². The molecule has 0 spiro atoms. The predicted molar refractivity (Wildman–Crippen MR) is 101 cm³/mol. The fraction of sp³-hybridized carbons (Fsp3) is 0.105. The molecule has 0 unspecified atom stereocenters. The molecule has 0 atom stereocenters. The number of aromatic nitrogens is 2. The summed E-state index contributed by atoms with van der Waals surface area (Å²) in [5, 5.41) is 3.33. The van der Waals surface area contributed by atoms with Gasteiger partial charge >= 0.3 is 5.97 Å². The second kappa shape index (κ2) is 8.50. The maximum Gasteiger partial charge on any atom is 0.337 e. The second-order valence-corrected chi connectivity index (χ2v) is 6.41. The molecule has 0 bridgehead atoms. The molecule has 0 aliphatic carbocycles. The summed E-state index contributed by atoms with van der Waals surface area (Å²) in [6, 6.07) is 12.5. The SMILES string of the molecule is COC(=O)c1ccc(NC(=O)CSc2nccn2-c2cccc(F)c2)cc1. The van der Waals surface area contributed by atoms with E-state index in [1.807, 2.05) is 0 Å². The summed E-state index contributed by atoms with van der Waals surface area (Å²) in [4.78, 5) is 27.8. The molecule has 2 aromatic carbocycles. The monoisotopic (exact) mass is 385 g/mol. The number of nitrogens with zero attached hydrogens (tertiary/aromatic N) is 2. The number of halogens is 1. The van der Waals surface area contributed by atoms with Crippen LogP contribution in [0.4, 0.5) is 10.1 Å². The first-order chi connectivity index (χ1) is 13.1. The third kappa shape index (κ3) is 4.73. The molecule has 1 aromatic heterocycles. The quantitative estimate of drug-likeness (QED) is 0.519. The maximum absolute atomic E-state index is 13.4. The number of hydrogen-bond acceptors (Lipinski definition) is 5. The van der Waals surface area contributed by atoms with E-state index in [2.05, 4.69) is 15.0 Å². The van der Waals surface area contributed by atoms with E-state index in [0.717, 1.165) is 0 Å². The Morgan fingerprint density at radius 3 is 2.70 bits per heavy atom. The highest BCUT2D eigenvalue weighted by atomic mass is 32.2. The van der Waals surface area contributed by atoms with Gasteiger partial charge < -0.3 is 10.1 Å². The summed E-state index contributed by atoms with van der Waals surface area (Å²) < 4.78 is 19.8. The molecule has 0 fully saturated rings. The summed E-state index contributed by atoms with van der Waals surface area (Å²) >= 11 is 1.24. The number of anilines is 1. The molecule has 6 nitrogen and oxygen atoms in total. The van der Waals surface area contributed by atoms with Crippen molar-refractivity contribution in [3.8, 4) is 5.69 Å². The van der Waals surface area contributed by atoms with Crippen LogP contribution in [0, 0.1) is 5.82 Å². The smallest absolute Gasteiger partial charge is 0.337 e. The lowest BCUT2D eigenvalue weighted by Crippen LogP contribution is -2.14. The molecular formula is C19H16FN3O3S. The van der Waals surface area contributed by atoms with Crippen molar-refractivity contribution in [2.24, 2.45) is 0 Å². The Labute approximate surface area is 159 Å². The minimum atomic E-state index is -0.437. The van der Waals surface area contributed by atoms with Gasteiger partial charge in [0.2, 0.25) is 5.91 Å². The maximum atomic E-state index is 13.4. The molecule has 1 amide bonds. The van der Waals surface area contributed by atoms with Gasteiger partial charge in [-0.05, 0) is 42.5 Å². The number of hydrogen-bond donors (Lipinski definition) is 1. The Morgan fingerprint density at radius 2 is 2.00 bits per heavy atom. The van der Waals surface area contributed by atoms with Crippen LogP contribution in [0.3, 0.4) is 0 Å². The molecule has 3 rings (SSSR count). The third-order valence-corrected chi connectivity index (χ3v) is 4.58. The van der Waals surface area contributed by atoms with Crippen molar-refractivity contribution in [3.05, 3.63) is 72.3 Å². The van der Waals surface area contributed by atoms with Crippen LogP contribution in [-0.4, -0.2) is 34.3 Å². The lowest BCUT2D eigenvalue weighted by molar-refractivity contribution is -0.113. The Morgan fingerprint density at radius 1 is 1.22 bits per heavy atom. The summed E-state index contributed by atoms with van der Waals surface area (Å²) in [5.74, 6) is -0.872. The molecular weight excluding hydrogens is 369 g/mol. The molecule has 0 aliphatic heterocycles. The number of nitrogens with one attached hydrogen (secondary N) is 1. The van der Waals surface area contributed by atoms with Crippen LogP contribution in [0.2, 0.25) is 0 Å². The summed E-state index contributed by atoms with van der Waals surface area (Å²) in [6.45, 7) is 0. The van der Waals surface area contributed by atoms with Crippen molar-refractivity contribution in [1.29, 1.82) is 0 Å². The van der Waals surface area contributed by atoms with Crippen molar-refractivity contribution >= 4 is 29.3 Å². The van der Waals surface area contributed by atoms with Gasteiger partial charge in [0.05, 0.1) is 24.1 Å². The van der Waals surface area contributed by atoms with Crippen molar-refractivity contribution in [1.82, 2.24) is 9.55 Å². The number of carbonyl (C=O) groups excluding carboxylic acids is 2. The van der Waals surface area contributed by atoms with E-state index in [4.69, 9.17) is 0 Å². The highest BCUT2D eigenvalue weighted by Gasteiger charge is 2.11. The normalized spacial score (nSPS) is 10.4. The number of imidazole rings is 1. The lowest BCUT2D eigenvalue weighted by Gasteiger charge is -2.08. The zero-order chi connectivity index (χ0) is 19.2. The van der Waals surface area contributed by atoms with Crippen molar-refractivity contribution in [2.45, 2.75) is 5.16 Å². The van der Waals surface area contributed by atoms with Gasteiger partial charge in [0.15, 0.2) is 5.16 Å². The first-order valence-corrected chi connectivity index (χ1v) is 8.95. The molecule has 0 radical (unpaired) electrons. The number of carbonyl (C=O) groups is 2. The van der Waals surface area contributed by atoms with Gasteiger partial charge in [0.25, 0.3) is 0 Å². The van der Waals surface area contributed by atoms with E-state index < -0.39 is 5.97 Å². The van der Waals surface area contributed by atoms with E-state index in [0.29, 0.717) is 22.1 Å². The van der Waals surface area contributed by atoms with E-state index in [1.165, 1.54) is 31.0 Å². The van der Waals surface area contributed by atoms with E-state index >= 15 is 0 Å². The molecule has 138 valence electrons. The van der Waals surface area contributed by atoms with Gasteiger partial charge in [-0.3, -0.25) is 9.36 Å². The molecule has 0 saturated carbocycles. The number of thioether (sulfide) groups is 1. The highest BCUT2D eigenvalue weighted by Crippen LogP contribution is 2.21. The fourth-order valence-electron chi connectivity index (χ4n) is 2.35. The van der Waals surface area contributed by atoms with Crippen LogP contribution in [0.25, 0.3) is 5.69 Å². The van der Waals surface area contributed by atoms with Crippen LogP contribution in [0.1, 0.15) is 10.4 Å². The lowest BCUT2D eigenvalue weighted by atomic mass is 10.2. The molecule has 27 heavy (non-hydrogen) atoms. The van der Waals surface area contributed by atoms with Crippen LogP contribution in [-0.2, 0) is 9.53 Å². The van der Waals surface area contributed by atoms with Gasteiger partial charge in [-0.1, -0.05) is 17.8 Å². The number of benzene rings is 2. The molecule has 0 aliphatic rings. The molecule has 1 heterocycles. The minimum Gasteiger partial charge on any atom is -0.465 e. The summed E-state index contributed by atoms with van der Waals surface area (Å²) in [7, 11) is 1.31. The number of amides is 1. The number of rotatable bonds is 6. The number of ether oxygens (including phenoxy) is 1. The summed E-state index contributed by atoms with van der Waals surface area (Å²) in [6.07, 6.45) is 3.30. The topological polar surface area (TPSA) is 73.2 Å². The van der Waals surface area contributed by atoms with E-state index in [-0.39, 0.29) is 17.5 Å². The van der Waals surface area contributed by atoms with Crippen molar-refractivity contribution < 1.29 is 18.7 Å². The first kappa shape index (κ1) is 18.7. The zero-order valence-corrected chi connectivity index (χ0v) is 15.2. The van der Waals surface area contributed by atoms with E-state index in [1.54, 1.807) is 53.4 Å². The highest BCUT2D eigenvalue weighted by molar-refractivity contribution is 7.99. The van der Waals surface area contributed by atoms with Gasteiger partial charge in [-0.2, -0.15) is 0 Å².